The number of amides is 1. The third kappa shape index (κ3) is 5.25. The molecule has 0 aliphatic rings. The van der Waals surface area contributed by atoms with Crippen LogP contribution in [-0.2, 0) is 13.1 Å². The van der Waals surface area contributed by atoms with E-state index in [0.29, 0.717) is 23.7 Å². The Morgan fingerprint density at radius 1 is 1.06 bits per heavy atom. The van der Waals surface area contributed by atoms with Gasteiger partial charge in [-0.15, -0.1) is 0 Å². The van der Waals surface area contributed by atoms with Crippen LogP contribution < -0.4 is 10.1 Å². The molecule has 1 aromatic heterocycles. The van der Waals surface area contributed by atoms with Gasteiger partial charge in [-0.2, -0.15) is 0 Å². The van der Waals surface area contributed by atoms with Crippen molar-refractivity contribution >= 4 is 28.5 Å². The number of para-hydroxylation sites is 2. The smallest absolute Gasteiger partial charge is 0.251 e. The van der Waals surface area contributed by atoms with Gasteiger partial charge in [-0.3, -0.25) is 4.79 Å². The first-order chi connectivity index (χ1) is 15.1. The van der Waals surface area contributed by atoms with Crippen LogP contribution in [0.3, 0.4) is 0 Å². The molecule has 0 fully saturated rings. The van der Waals surface area contributed by atoms with E-state index < -0.39 is 0 Å². The van der Waals surface area contributed by atoms with E-state index in [1.807, 2.05) is 42.5 Å². The molecule has 0 unspecified atom stereocenters. The molecule has 0 atom stereocenters. The first-order valence-electron chi connectivity index (χ1n) is 10.3. The molecule has 31 heavy (non-hydrogen) atoms. The highest BCUT2D eigenvalue weighted by atomic mass is 35.5. The van der Waals surface area contributed by atoms with Gasteiger partial charge in [-0.05, 0) is 61.4 Å². The highest BCUT2D eigenvalue weighted by molar-refractivity contribution is 6.30. The molecule has 0 bridgehead atoms. The van der Waals surface area contributed by atoms with Crippen molar-refractivity contribution in [2.24, 2.45) is 0 Å². The summed E-state index contributed by atoms with van der Waals surface area (Å²) in [6, 6.07) is 23.0. The molecule has 158 valence electrons. The Bertz CT molecular complexity index is 1200. The average Bonchev–Trinajstić information content (AvgIpc) is 3.12. The number of carbonyl (C=O) groups excluding carboxylic acids is 1. The number of fused-ring (bicyclic) bond motifs is 1. The summed E-state index contributed by atoms with van der Waals surface area (Å²) in [7, 11) is 0. The normalized spacial score (nSPS) is 10.9. The zero-order valence-corrected chi connectivity index (χ0v) is 18.1. The van der Waals surface area contributed by atoms with Gasteiger partial charge >= 0.3 is 0 Å². The van der Waals surface area contributed by atoms with E-state index in [-0.39, 0.29) is 5.91 Å². The van der Waals surface area contributed by atoms with Gasteiger partial charge in [0.1, 0.15) is 11.6 Å². The fourth-order valence-corrected chi connectivity index (χ4v) is 3.71. The fraction of sp³-hybridized carbons (Fsp3) is 0.200. The Balaban J connectivity index is 1.43. The summed E-state index contributed by atoms with van der Waals surface area (Å²) >= 11 is 6.00. The van der Waals surface area contributed by atoms with E-state index in [1.165, 1.54) is 5.56 Å². The van der Waals surface area contributed by atoms with Gasteiger partial charge in [0.05, 0.1) is 24.2 Å². The topological polar surface area (TPSA) is 56.1 Å². The molecule has 0 radical (unpaired) electrons. The van der Waals surface area contributed by atoms with Crippen LogP contribution in [0, 0.1) is 6.92 Å². The number of imidazole rings is 1. The molecule has 4 rings (SSSR count). The molecule has 0 aliphatic heterocycles. The van der Waals surface area contributed by atoms with Gasteiger partial charge in [0.15, 0.2) is 0 Å². The number of hydrogen-bond acceptors (Lipinski definition) is 3. The van der Waals surface area contributed by atoms with Crippen LogP contribution in [0.1, 0.15) is 28.2 Å². The number of nitrogens with zero attached hydrogens (tertiary/aromatic N) is 2. The molecule has 1 N–H and O–H groups in total. The quantitative estimate of drug-likeness (QED) is 0.378. The molecule has 1 amide bonds. The minimum Gasteiger partial charge on any atom is -0.494 e. The SMILES string of the molecule is Cc1cccc(OCCCn2c(CNC(=O)c3cccc(Cl)c3)nc3ccccc32)c1. The number of aryl methyl sites for hydroxylation is 2. The van der Waals surface area contributed by atoms with Gasteiger partial charge in [0.2, 0.25) is 0 Å². The summed E-state index contributed by atoms with van der Waals surface area (Å²) in [6.07, 6.45) is 0.823. The molecular weight excluding hydrogens is 410 g/mol. The van der Waals surface area contributed by atoms with Crippen LogP contribution in [0.5, 0.6) is 5.75 Å². The van der Waals surface area contributed by atoms with Crippen molar-refractivity contribution in [2.75, 3.05) is 6.61 Å². The van der Waals surface area contributed by atoms with E-state index in [2.05, 4.69) is 22.9 Å². The number of aromatic nitrogens is 2. The maximum Gasteiger partial charge on any atom is 0.251 e. The van der Waals surface area contributed by atoms with Crippen LogP contribution in [0.2, 0.25) is 5.02 Å². The van der Waals surface area contributed by atoms with Gasteiger partial charge < -0.3 is 14.6 Å². The van der Waals surface area contributed by atoms with E-state index in [9.17, 15) is 4.79 Å². The van der Waals surface area contributed by atoms with Crippen molar-refractivity contribution in [1.82, 2.24) is 14.9 Å². The molecule has 0 aliphatic carbocycles. The molecule has 0 spiro atoms. The minimum absolute atomic E-state index is 0.177. The van der Waals surface area contributed by atoms with Crippen LogP contribution in [0.4, 0.5) is 0 Å². The minimum atomic E-state index is -0.177. The van der Waals surface area contributed by atoms with Gasteiger partial charge in [-0.25, -0.2) is 4.98 Å². The average molecular weight is 434 g/mol. The zero-order valence-electron chi connectivity index (χ0n) is 17.3. The summed E-state index contributed by atoms with van der Waals surface area (Å²) in [5.74, 6) is 1.51. The summed E-state index contributed by atoms with van der Waals surface area (Å²) < 4.78 is 8.03. The predicted octanol–water partition coefficient (Wildman–Crippen LogP) is 5.40. The Kier molecular flexibility index (Phi) is 6.53. The summed E-state index contributed by atoms with van der Waals surface area (Å²) in [5, 5.41) is 3.49. The molecule has 0 saturated carbocycles. The second-order valence-electron chi connectivity index (χ2n) is 7.38. The lowest BCUT2D eigenvalue weighted by Crippen LogP contribution is -2.25. The molecular formula is C25H24ClN3O2. The van der Waals surface area contributed by atoms with Crippen molar-refractivity contribution < 1.29 is 9.53 Å². The molecule has 1 heterocycles. The second-order valence-corrected chi connectivity index (χ2v) is 7.82. The van der Waals surface area contributed by atoms with Crippen LogP contribution in [0.25, 0.3) is 11.0 Å². The molecule has 6 heteroatoms. The Labute approximate surface area is 186 Å². The maximum absolute atomic E-state index is 12.5. The number of halogens is 1. The van der Waals surface area contributed by atoms with E-state index in [4.69, 9.17) is 21.3 Å². The maximum atomic E-state index is 12.5. The fourth-order valence-electron chi connectivity index (χ4n) is 3.52. The third-order valence-corrected chi connectivity index (χ3v) is 5.25. The van der Waals surface area contributed by atoms with Crippen LogP contribution >= 0.6 is 11.6 Å². The first-order valence-corrected chi connectivity index (χ1v) is 10.7. The number of benzene rings is 3. The largest absolute Gasteiger partial charge is 0.494 e. The van der Waals surface area contributed by atoms with Crippen molar-refractivity contribution in [2.45, 2.75) is 26.4 Å². The monoisotopic (exact) mass is 433 g/mol. The predicted molar refractivity (Wildman–Crippen MR) is 124 cm³/mol. The molecule has 3 aromatic carbocycles. The number of hydrogen-bond donors (Lipinski definition) is 1. The van der Waals surface area contributed by atoms with Gasteiger partial charge in [0, 0.05) is 17.1 Å². The van der Waals surface area contributed by atoms with Crippen molar-refractivity contribution in [3.63, 3.8) is 0 Å². The van der Waals surface area contributed by atoms with Gasteiger partial charge in [0.25, 0.3) is 5.91 Å². The Hall–Kier alpha value is -3.31. The lowest BCUT2D eigenvalue weighted by Gasteiger charge is -2.11. The van der Waals surface area contributed by atoms with Crippen molar-refractivity contribution in [3.8, 4) is 5.75 Å². The molecule has 4 aromatic rings. The Morgan fingerprint density at radius 3 is 2.74 bits per heavy atom. The van der Waals surface area contributed by atoms with Crippen molar-refractivity contribution in [1.29, 1.82) is 0 Å². The lowest BCUT2D eigenvalue weighted by atomic mass is 10.2. The lowest BCUT2D eigenvalue weighted by molar-refractivity contribution is 0.0949. The highest BCUT2D eigenvalue weighted by Gasteiger charge is 2.12. The first kappa shape index (κ1) is 20.9. The Morgan fingerprint density at radius 2 is 1.90 bits per heavy atom. The summed E-state index contributed by atoms with van der Waals surface area (Å²) in [6.45, 7) is 3.73. The van der Waals surface area contributed by atoms with Gasteiger partial charge in [-0.1, -0.05) is 41.9 Å². The van der Waals surface area contributed by atoms with Crippen LogP contribution in [0.15, 0.2) is 72.8 Å². The number of rotatable bonds is 8. The summed E-state index contributed by atoms with van der Waals surface area (Å²) in [5.41, 5.74) is 3.66. The zero-order chi connectivity index (χ0) is 21.6. The van der Waals surface area contributed by atoms with Crippen molar-refractivity contribution in [3.05, 3.63) is 94.8 Å². The highest BCUT2D eigenvalue weighted by Crippen LogP contribution is 2.18. The molecule has 5 nitrogen and oxygen atoms in total. The summed E-state index contributed by atoms with van der Waals surface area (Å²) in [4.78, 5) is 17.2. The second kappa shape index (κ2) is 9.67. The molecule has 0 saturated heterocycles. The standard InChI is InChI=1S/C25H24ClN3O2/c1-18-7-4-10-21(15-18)31-14-6-13-29-23-12-3-2-11-22(23)28-24(29)17-27-25(30)19-8-5-9-20(26)16-19/h2-5,7-12,15-16H,6,13-14,17H2,1H3,(H,27,30). The third-order valence-electron chi connectivity index (χ3n) is 5.01. The van der Waals surface area contributed by atoms with E-state index in [1.54, 1.807) is 24.3 Å². The van der Waals surface area contributed by atoms with Crippen LogP contribution in [-0.4, -0.2) is 22.1 Å². The van der Waals surface area contributed by atoms with E-state index >= 15 is 0 Å². The number of nitrogens with one attached hydrogen (secondary N) is 1. The number of carbonyl (C=O) groups is 1. The van der Waals surface area contributed by atoms with E-state index in [0.717, 1.165) is 35.6 Å². The number of ether oxygens (including phenoxy) is 1.